The van der Waals surface area contributed by atoms with Gasteiger partial charge in [0.05, 0.1) is 6.20 Å². The molecule has 5 heteroatoms. The number of fused-ring (bicyclic) bond motifs is 1. The van der Waals surface area contributed by atoms with Gasteiger partial charge in [-0.3, -0.25) is 14.5 Å². The first-order valence-corrected chi connectivity index (χ1v) is 8.17. The molecule has 2 aromatic heterocycles. The Balaban J connectivity index is 1.60. The van der Waals surface area contributed by atoms with Crippen LogP contribution in [0, 0.1) is 5.92 Å². The number of aryl methyl sites for hydroxylation is 1. The second kappa shape index (κ2) is 5.83. The van der Waals surface area contributed by atoms with Crippen LogP contribution >= 0.6 is 0 Å². The number of pyridine rings is 1. The van der Waals surface area contributed by atoms with Gasteiger partial charge in [-0.05, 0) is 30.1 Å². The van der Waals surface area contributed by atoms with Crippen molar-refractivity contribution in [3.05, 3.63) is 48.5 Å². The Morgan fingerprint density at radius 2 is 1.96 bits per heavy atom. The first-order valence-electron chi connectivity index (χ1n) is 8.17. The van der Waals surface area contributed by atoms with Crippen molar-refractivity contribution in [3.8, 4) is 11.1 Å². The highest BCUT2D eigenvalue weighted by Gasteiger charge is 2.29. The number of ketones is 1. The Morgan fingerprint density at radius 3 is 2.67 bits per heavy atom. The smallest absolute Gasteiger partial charge is 0.144 e. The Kier molecular flexibility index (Phi) is 3.65. The highest BCUT2D eigenvalue weighted by Crippen LogP contribution is 2.25. The van der Waals surface area contributed by atoms with Gasteiger partial charge < -0.3 is 4.90 Å². The zero-order valence-electron chi connectivity index (χ0n) is 13.9. The summed E-state index contributed by atoms with van der Waals surface area (Å²) in [6, 6.07) is 8.32. The van der Waals surface area contributed by atoms with Gasteiger partial charge in [0.25, 0.3) is 0 Å². The number of nitrogens with zero attached hydrogens (tertiary/aromatic N) is 4. The van der Waals surface area contributed by atoms with Gasteiger partial charge >= 0.3 is 0 Å². The lowest BCUT2D eigenvalue weighted by Crippen LogP contribution is -2.48. The average Bonchev–Trinajstić information content (AvgIpc) is 2.97. The third-order valence-electron chi connectivity index (χ3n) is 4.69. The van der Waals surface area contributed by atoms with Crippen molar-refractivity contribution in [2.24, 2.45) is 13.0 Å². The van der Waals surface area contributed by atoms with Crippen LogP contribution in [0.5, 0.6) is 0 Å². The van der Waals surface area contributed by atoms with E-state index in [9.17, 15) is 4.79 Å². The second-order valence-corrected chi connectivity index (χ2v) is 6.70. The van der Waals surface area contributed by atoms with Crippen molar-refractivity contribution >= 4 is 16.6 Å². The van der Waals surface area contributed by atoms with Gasteiger partial charge in [0.2, 0.25) is 0 Å². The number of likely N-dealkylation sites (tertiary alicyclic amines) is 1. The predicted molar refractivity (Wildman–Crippen MR) is 93.6 cm³/mol. The van der Waals surface area contributed by atoms with Gasteiger partial charge in [-0.2, -0.15) is 5.10 Å². The summed E-state index contributed by atoms with van der Waals surface area (Å²) in [6.45, 7) is 1.75. The number of rotatable bonds is 4. The lowest BCUT2D eigenvalue weighted by Gasteiger charge is -2.34. The van der Waals surface area contributed by atoms with Crippen molar-refractivity contribution in [3.63, 3.8) is 0 Å². The summed E-state index contributed by atoms with van der Waals surface area (Å²) in [6.07, 6.45) is 6.14. The molecule has 1 aliphatic rings. The van der Waals surface area contributed by atoms with Crippen LogP contribution in [0.3, 0.4) is 0 Å². The van der Waals surface area contributed by atoms with Gasteiger partial charge in [0.15, 0.2) is 0 Å². The SMILES string of the molecule is CN1CC(C(=O)Cc2cc3cc(-c4cnn(C)c4)ccc3cn2)C1. The minimum atomic E-state index is 0.175. The van der Waals surface area contributed by atoms with E-state index < -0.39 is 0 Å². The van der Waals surface area contributed by atoms with E-state index in [0.717, 1.165) is 40.7 Å². The quantitative estimate of drug-likeness (QED) is 0.740. The minimum Gasteiger partial charge on any atom is -0.305 e. The van der Waals surface area contributed by atoms with Crippen molar-refractivity contribution in [1.82, 2.24) is 19.7 Å². The van der Waals surface area contributed by atoms with E-state index >= 15 is 0 Å². The second-order valence-electron chi connectivity index (χ2n) is 6.70. The maximum atomic E-state index is 12.3. The number of Topliss-reactive ketones (excluding diaryl/α,β-unsaturated/α-hetero) is 1. The van der Waals surface area contributed by atoms with Crippen molar-refractivity contribution in [2.45, 2.75) is 6.42 Å². The molecule has 122 valence electrons. The molecular weight excluding hydrogens is 300 g/mol. The summed E-state index contributed by atoms with van der Waals surface area (Å²) in [5.41, 5.74) is 3.07. The van der Waals surface area contributed by atoms with Crippen LogP contribution < -0.4 is 0 Å². The summed E-state index contributed by atoms with van der Waals surface area (Å²) in [5, 5.41) is 6.42. The molecule has 0 spiro atoms. The predicted octanol–water partition coefficient (Wildman–Crippen LogP) is 2.31. The number of aromatic nitrogens is 3. The van der Waals surface area contributed by atoms with Crippen LogP contribution in [0.2, 0.25) is 0 Å². The summed E-state index contributed by atoms with van der Waals surface area (Å²) in [7, 11) is 3.95. The topological polar surface area (TPSA) is 51.0 Å². The van der Waals surface area contributed by atoms with Gasteiger partial charge in [-0.25, -0.2) is 0 Å². The lowest BCUT2D eigenvalue weighted by molar-refractivity contribution is -0.126. The molecule has 0 N–H and O–H groups in total. The third kappa shape index (κ3) is 2.83. The number of carbonyl (C=O) groups excluding carboxylic acids is 1. The molecule has 3 aromatic rings. The summed E-state index contributed by atoms with van der Waals surface area (Å²) >= 11 is 0. The first-order chi connectivity index (χ1) is 11.6. The molecular formula is C19H20N4O. The largest absolute Gasteiger partial charge is 0.305 e. The number of carbonyl (C=O) groups is 1. The summed E-state index contributed by atoms with van der Waals surface area (Å²) < 4.78 is 1.80. The molecule has 4 rings (SSSR count). The van der Waals surface area contributed by atoms with Gasteiger partial charge in [0.1, 0.15) is 5.78 Å². The Morgan fingerprint density at radius 1 is 1.12 bits per heavy atom. The van der Waals surface area contributed by atoms with E-state index in [2.05, 4.69) is 33.2 Å². The van der Waals surface area contributed by atoms with Crippen LogP contribution in [0.4, 0.5) is 0 Å². The highest BCUT2D eigenvalue weighted by molar-refractivity contribution is 5.89. The van der Waals surface area contributed by atoms with E-state index in [1.165, 1.54) is 0 Å². The molecule has 1 saturated heterocycles. The fourth-order valence-electron chi connectivity index (χ4n) is 3.26. The van der Waals surface area contributed by atoms with Gasteiger partial charge in [0, 0.05) is 61.5 Å². The molecule has 0 aliphatic carbocycles. The van der Waals surface area contributed by atoms with Crippen LogP contribution in [-0.2, 0) is 18.3 Å². The minimum absolute atomic E-state index is 0.175. The fourth-order valence-corrected chi connectivity index (χ4v) is 3.26. The van der Waals surface area contributed by atoms with Gasteiger partial charge in [-0.1, -0.05) is 12.1 Å². The molecule has 0 saturated carbocycles. The maximum absolute atomic E-state index is 12.3. The molecule has 1 fully saturated rings. The Labute approximate surface area is 140 Å². The van der Waals surface area contributed by atoms with Crippen LogP contribution in [-0.4, -0.2) is 45.6 Å². The molecule has 0 radical (unpaired) electrons. The van der Waals surface area contributed by atoms with E-state index in [1.54, 1.807) is 4.68 Å². The number of hydrogen-bond donors (Lipinski definition) is 0. The van der Waals surface area contributed by atoms with Crippen LogP contribution in [0.15, 0.2) is 42.9 Å². The van der Waals surface area contributed by atoms with Gasteiger partial charge in [-0.15, -0.1) is 0 Å². The Hall–Kier alpha value is -2.53. The summed E-state index contributed by atoms with van der Waals surface area (Å²) in [5.74, 6) is 0.470. The molecule has 0 atom stereocenters. The zero-order valence-corrected chi connectivity index (χ0v) is 13.9. The van der Waals surface area contributed by atoms with E-state index in [0.29, 0.717) is 12.2 Å². The van der Waals surface area contributed by atoms with Crippen molar-refractivity contribution < 1.29 is 4.79 Å². The van der Waals surface area contributed by atoms with E-state index in [-0.39, 0.29) is 5.92 Å². The average molecular weight is 320 g/mol. The van der Waals surface area contributed by atoms with Crippen LogP contribution in [0.25, 0.3) is 21.9 Å². The monoisotopic (exact) mass is 320 g/mol. The maximum Gasteiger partial charge on any atom is 0.144 e. The van der Waals surface area contributed by atoms with E-state index in [1.807, 2.05) is 38.8 Å². The molecule has 1 aliphatic heterocycles. The molecule has 1 aromatic carbocycles. The Bertz CT molecular complexity index is 909. The van der Waals surface area contributed by atoms with Crippen molar-refractivity contribution in [2.75, 3.05) is 20.1 Å². The molecule has 0 amide bonds. The zero-order chi connectivity index (χ0) is 16.7. The summed E-state index contributed by atoms with van der Waals surface area (Å²) in [4.78, 5) is 18.9. The number of hydrogen-bond acceptors (Lipinski definition) is 4. The first kappa shape index (κ1) is 15.0. The van der Waals surface area contributed by atoms with Crippen molar-refractivity contribution in [1.29, 1.82) is 0 Å². The molecule has 5 nitrogen and oxygen atoms in total. The molecule has 0 unspecified atom stereocenters. The van der Waals surface area contributed by atoms with E-state index in [4.69, 9.17) is 0 Å². The molecule has 24 heavy (non-hydrogen) atoms. The third-order valence-corrected chi connectivity index (χ3v) is 4.69. The highest BCUT2D eigenvalue weighted by atomic mass is 16.1. The standard InChI is InChI=1S/C19H20N4O/c1-22-10-17(11-22)19(24)7-18-6-15-5-13(3-4-14(15)8-20-18)16-9-21-23(2)12-16/h3-6,8-9,12,17H,7,10-11H2,1-2H3. The fraction of sp³-hybridized carbons (Fsp3) is 0.316. The molecule has 0 bridgehead atoms. The number of benzene rings is 1. The van der Waals surface area contributed by atoms with Crippen LogP contribution in [0.1, 0.15) is 5.69 Å². The lowest BCUT2D eigenvalue weighted by atomic mass is 9.92. The normalized spacial score (nSPS) is 15.6. The molecule has 3 heterocycles.